The van der Waals surface area contributed by atoms with Crippen LogP contribution in [0.1, 0.15) is 21.9 Å². The molecule has 0 aliphatic heterocycles. The van der Waals surface area contributed by atoms with Gasteiger partial charge < -0.3 is 5.73 Å². The highest BCUT2D eigenvalue weighted by Crippen LogP contribution is 2.11. The average molecular weight is 261 g/mol. The number of halogens is 1. The molecule has 0 saturated carbocycles. The third-order valence-electron chi connectivity index (χ3n) is 2.86. The van der Waals surface area contributed by atoms with E-state index in [-0.39, 0.29) is 5.69 Å². The minimum absolute atomic E-state index is 0.326. The lowest BCUT2D eigenvalue weighted by Crippen LogP contribution is -2.32. The summed E-state index contributed by atoms with van der Waals surface area (Å²) in [7, 11) is 0. The van der Waals surface area contributed by atoms with Crippen LogP contribution in [0.4, 0.5) is 4.39 Å². The number of carbonyl (C=O) groups is 1. The molecule has 0 spiro atoms. The molecule has 0 fully saturated rings. The Hall–Kier alpha value is -2.50. The lowest BCUT2D eigenvalue weighted by Gasteiger charge is -2.12. The molecule has 1 heterocycles. The van der Waals surface area contributed by atoms with Crippen molar-refractivity contribution in [2.24, 2.45) is 5.73 Å². The summed E-state index contributed by atoms with van der Waals surface area (Å²) >= 11 is 0. The van der Waals surface area contributed by atoms with Crippen LogP contribution in [0.2, 0.25) is 0 Å². The van der Waals surface area contributed by atoms with Crippen LogP contribution in [-0.2, 0) is 0 Å². The van der Waals surface area contributed by atoms with Crippen molar-refractivity contribution in [3.63, 3.8) is 0 Å². The van der Waals surface area contributed by atoms with E-state index in [1.807, 2.05) is 0 Å². The van der Waals surface area contributed by atoms with Crippen molar-refractivity contribution < 1.29 is 9.18 Å². The quantitative estimate of drug-likeness (QED) is 0.878. The summed E-state index contributed by atoms with van der Waals surface area (Å²) < 4.78 is 14.2. The van der Waals surface area contributed by atoms with Gasteiger partial charge in [-0.15, -0.1) is 0 Å². The maximum Gasteiger partial charge on any atom is 0.286 e. The number of benzene rings is 1. The molecule has 0 aliphatic rings. The topological polar surface area (TPSA) is 78.0 Å². The minimum Gasteiger partial charge on any atom is -0.364 e. The van der Waals surface area contributed by atoms with E-state index in [1.54, 1.807) is 13.8 Å². The van der Waals surface area contributed by atoms with Gasteiger partial charge in [-0.25, -0.2) is 9.37 Å². The van der Waals surface area contributed by atoms with Crippen molar-refractivity contribution in [2.45, 2.75) is 13.8 Å². The Morgan fingerprint density at radius 1 is 1.26 bits per heavy atom. The molecule has 2 rings (SSSR count). The lowest BCUT2D eigenvalue weighted by atomic mass is 10.2. The zero-order chi connectivity index (χ0) is 14.2. The molecule has 2 N–H and O–H groups in total. The summed E-state index contributed by atoms with van der Waals surface area (Å²) in [5.41, 5.74) is 5.73. The number of amides is 1. The first-order chi connectivity index (χ1) is 8.91. The highest BCUT2D eigenvalue weighted by atomic mass is 19.1. The largest absolute Gasteiger partial charge is 0.364 e. The number of nitrogens with zero attached hydrogens (tertiary/aromatic N) is 2. The van der Waals surface area contributed by atoms with E-state index in [1.165, 1.54) is 28.8 Å². The fraction of sp³-hybridized carbons (Fsp3) is 0.154. The molecule has 0 saturated heterocycles. The van der Waals surface area contributed by atoms with Gasteiger partial charge in [0.1, 0.15) is 5.82 Å². The maximum absolute atomic E-state index is 12.9. The SMILES string of the molecule is Cc1nc(C(N)=O)c(=O)n(-c2ccc(F)cc2)c1C. The number of aryl methyl sites for hydroxylation is 1. The molecular weight excluding hydrogens is 249 g/mol. The standard InChI is InChI=1S/C13H12FN3O2/c1-7-8(2)17(10-5-3-9(14)4-6-10)13(19)11(16-7)12(15)18/h3-6H,1-2H3,(H2,15,18). The van der Waals surface area contributed by atoms with Gasteiger partial charge in [-0.1, -0.05) is 0 Å². The van der Waals surface area contributed by atoms with Gasteiger partial charge in [-0.3, -0.25) is 14.2 Å². The fourth-order valence-electron chi connectivity index (χ4n) is 1.78. The molecule has 1 amide bonds. The van der Waals surface area contributed by atoms with Gasteiger partial charge in [0.15, 0.2) is 5.69 Å². The summed E-state index contributed by atoms with van der Waals surface area (Å²) in [6.07, 6.45) is 0. The summed E-state index contributed by atoms with van der Waals surface area (Å²) in [5.74, 6) is -1.29. The van der Waals surface area contributed by atoms with Crippen LogP contribution < -0.4 is 11.3 Å². The number of aromatic nitrogens is 2. The molecule has 0 unspecified atom stereocenters. The lowest BCUT2D eigenvalue weighted by molar-refractivity contribution is 0.0993. The zero-order valence-corrected chi connectivity index (χ0v) is 10.5. The summed E-state index contributed by atoms with van der Waals surface area (Å²) in [5, 5.41) is 0. The predicted octanol–water partition coefficient (Wildman–Crippen LogP) is 1.09. The number of rotatable bonds is 2. The van der Waals surface area contributed by atoms with E-state index in [9.17, 15) is 14.0 Å². The van der Waals surface area contributed by atoms with Gasteiger partial charge in [0.25, 0.3) is 11.5 Å². The Morgan fingerprint density at radius 3 is 2.37 bits per heavy atom. The Kier molecular flexibility index (Phi) is 3.16. The van der Waals surface area contributed by atoms with E-state index >= 15 is 0 Å². The van der Waals surface area contributed by atoms with Crippen molar-refractivity contribution >= 4 is 5.91 Å². The third kappa shape index (κ3) is 2.24. The molecule has 1 aromatic heterocycles. The van der Waals surface area contributed by atoms with Crippen molar-refractivity contribution in [2.75, 3.05) is 0 Å². The second kappa shape index (κ2) is 4.64. The van der Waals surface area contributed by atoms with Crippen molar-refractivity contribution in [3.05, 3.63) is 57.5 Å². The van der Waals surface area contributed by atoms with E-state index in [0.29, 0.717) is 17.1 Å². The highest BCUT2D eigenvalue weighted by molar-refractivity contribution is 5.90. The van der Waals surface area contributed by atoms with Crippen LogP contribution in [0.25, 0.3) is 5.69 Å². The molecule has 98 valence electrons. The fourth-order valence-corrected chi connectivity index (χ4v) is 1.78. The van der Waals surface area contributed by atoms with E-state index < -0.39 is 17.3 Å². The third-order valence-corrected chi connectivity index (χ3v) is 2.86. The van der Waals surface area contributed by atoms with Gasteiger partial charge >= 0.3 is 0 Å². The Labute approximate surface area is 108 Å². The Morgan fingerprint density at radius 2 is 1.84 bits per heavy atom. The molecular formula is C13H12FN3O2. The Bertz CT molecular complexity index is 705. The van der Waals surface area contributed by atoms with Crippen LogP contribution in [0, 0.1) is 19.7 Å². The molecule has 5 nitrogen and oxygen atoms in total. The molecule has 0 aliphatic carbocycles. The maximum atomic E-state index is 12.9. The van der Waals surface area contributed by atoms with Gasteiger partial charge in [0.05, 0.1) is 5.69 Å². The minimum atomic E-state index is -0.885. The van der Waals surface area contributed by atoms with E-state index in [2.05, 4.69) is 4.98 Å². The predicted molar refractivity (Wildman–Crippen MR) is 67.8 cm³/mol. The molecule has 19 heavy (non-hydrogen) atoms. The highest BCUT2D eigenvalue weighted by Gasteiger charge is 2.16. The van der Waals surface area contributed by atoms with Crippen LogP contribution in [-0.4, -0.2) is 15.5 Å². The summed E-state index contributed by atoms with van der Waals surface area (Å²) in [4.78, 5) is 27.3. The van der Waals surface area contributed by atoms with Gasteiger partial charge in [0, 0.05) is 11.4 Å². The number of carbonyl (C=O) groups excluding carboxylic acids is 1. The normalized spacial score (nSPS) is 10.5. The first kappa shape index (κ1) is 12.9. The number of nitrogens with two attached hydrogens (primary N) is 1. The van der Waals surface area contributed by atoms with Crippen molar-refractivity contribution in [1.82, 2.24) is 9.55 Å². The van der Waals surface area contributed by atoms with Crippen LogP contribution >= 0.6 is 0 Å². The summed E-state index contributed by atoms with van der Waals surface area (Å²) in [6, 6.07) is 5.38. The molecule has 1 aromatic carbocycles. The Balaban J connectivity index is 2.79. The second-order valence-electron chi connectivity index (χ2n) is 4.11. The van der Waals surface area contributed by atoms with Gasteiger partial charge in [0.2, 0.25) is 0 Å². The monoisotopic (exact) mass is 261 g/mol. The smallest absolute Gasteiger partial charge is 0.286 e. The number of hydrogen-bond acceptors (Lipinski definition) is 3. The first-order valence-electron chi connectivity index (χ1n) is 5.58. The average Bonchev–Trinajstić information content (AvgIpc) is 2.36. The van der Waals surface area contributed by atoms with Crippen LogP contribution in [0.15, 0.2) is 29.1 Å². The summed E-state index contributed by atoms with van der Waals surface area (Å²) in [6.45, 7) is 3.36. The molecule has 0 atom stereocenters. The van der Waals surface area contributed by atoms with Crippen LogP contribution in [0.3, 0.4) is 0 Å². The van der Waals surface area contributed by atoms with Crippen molar-refractivity contribution in [3.8, 4) is 5.69 Å². The van der Waals surface area contributed by atoms with Crippen LogP contribution in [0.5, 0.6) is 0 Å². The van der Waals surface area contributed by atoms with Gasteiger partial charge in [-0.05, 0) is 38.1 Å². The molecule has 0 radical (unpaired) electrons. The first-order valence-corrected chi connectivity index (χ1v) is 5.58. The molecule has 0 bridgehead atoms. The van der Waals surface area contributed by atoms with Gasteiger partial charge in [-0.2, -0.15) is 0 Å². The zero-order valence-electron chi connectivity index (χ0n) is 10.5. The molecule has 6 heteroatoms. The number of primary amides is 1. The molecule has 2 aromatic rings. The van der Waals surface area contributed by atoms with E-state index in [0.717, 1.165) is 0 Å². The van der Waals surface area contributed by atoms with E-state index in [4.69, 9.17) is 5.73 Å². The van der Waals surface area contributed by atoms with Crippen molar-refractivity contribution in [1.29, 1.82) is 0 Å². The second-order valence-corrected chi connectivity index (χ2v) is 4.11. The number of hydrogen-bond donors (Lipinski definition) is 1.